The molecule has 2 aromatic carbocycles. The first-order valence-corrected chi connectivity index (χ1v) is 11.1. The molecule has 4 heterocycles. The van der Waals surface area contributed by atoms with Crippen molar-refractivity contribution in [2.45, 2.75) is 31.7 Å². The highest BCUT2D eigenvalue weighted by Gasteiger charge is 2.36. The highest BCUT2D eigenvalue weighted by Crippen LogP contribution is 2.39. The Hall–Kier alpha value is -3.55. The van der Waals surface area contributed by atoms with Gasteiger partial charge in [0.15, 0.2) is 11.5 Å². The molecule has 32 heavy (non-hydrogen) atoms. The van der Waals surface area contributed by atoms with Crippen LogP contribution in [-0.4, -0.2) is 52.7 Å². The molecule has 0 aliphatic carbocycles. The molecule has 3 aromatic rings. The second-order valence-corrected chi connectivity index (χ2v) is 8.58. The first-order chi connectivity index (χ1) is 15.7. The molecule has 1 atom stereocenters. The zero-order valence-electron chi connectivity index (χ0n) is 17.7. The maximum absolute atomic E-state index is 13.0. The van der Waals surface area contributed by atoms with E-state index in [9.17, 15) is 9.59 Å². The number of para-hydroxylation sites is 2. The second-order valence-electron chi connectivity index (χ2n) is 8.58. The van der Waals surface area contributed by atoms with Gasteiger partial charge in [-0.1, -0.05) is 12.1 Å². The molecule has 1 aromatic heterocycles. The number of hydrogen-bond donors (Lipinski definition) is 0. The van der Waals surface area contributed by atoms with Crippen molar-refractivity contribution >= 4 is 28.5 Å². The van der Waals surface area contributed by atoms with Crippen molar-refractivity contribution in [2.75, 3.05) is 31.3 Å². The van der Waals surface area contributed by atoms with Crippen molar-refractivity contribution in [1.29, 1.82) is 0 Å². The molecule has 0 radical (unpaired) electrons. The Morgan fingerprint density at radius 1 is 1.06 bits per heavy atom. The van der Waals surface area contributed by atoms with E-state index < -0.39 is 0 Å². The number of ether oxygens (including phenoxy) is 2. The van der Waals surface area contributed by atoms with Gasteiger partial charge in [-0.15, -0.1) is 0 Å². The largest absolute Gasteiger partial charge is 0.454 e. The molecule has 3 aliphatic rings. The first-order valence-electron chi connectivity index (χ1n) is 11.1. The highest BCUT2D eigenvalue weighted by atomic mass is 16.7. The maximum atomic E-state index is 13.0. The van der Waals surface area contributed by atoms with Crippen molar-refractivity contribution < 1.29 is 19.1 Å². The van der Waals surface area contributed by atoms with Crippen LogP contribution in [0.15, 0.2) is 42.5 Å². The van der Waals surface area contributed by atoms with Crippen molar-refractivity contribution in [3.8, 4) is 11.5 Å². The van der Waals surface area contributed by atoms with Gasteiger partial charge in [-0.2, -0.15) is 0 Å². The lowest BCUT2D eigenvalue weighted by molar-refractivity contribution is -0.130. The molecule has 0 N–H and O–H groups in total. The number of carbonyl (C=O) groups is 2. The van der Waals surface area contributed by atoms with Crippen molar-refractivity contribution in [3.63, 3.8) is 0 Å². The van der Waals surface area contributed by atoms with Gasteiger partial charge in [0.2, 0.25) is 18.6 Å². The molecule has 2 amide bonds. The van der Waals surface area contributed by atoms with Crippen molar-refractivity contribution in [1.82, 2.24) is 14.5 Å². The molecule has 8 heteroatoms. The van der Waals surface area contributed by atoms with Gasteiger partial charge in [-0.25, -0.2) is 4.98 Å². The number of fused-ring (bicyclic) bond motifs is 2. The van der Waals surface area contributed by atoms with Gasteiger partial charge in [0.05, 0.1) is 11.0 Å². The van der Waals surface area contributed by atoms with E-state index in [1.165, 1.54) is 0 Å². The molecule has 2 fully saturated rings. The van der Waals surface area contributed by atoms with Gasteiger partial charge < -0.3 is 23.8 Å². The lowest BCUT2D eigenvalue weighted by Gasteiger charge is -2.19. The van der Waals surface area contributed by atoms with Gasteiger partial charge in [-0.05, 0) is 37.1 Å². The molecular weight excluding hydrogens is 408 g/mol. The molecule has 8 nitrogen and oxygen atoms in total. The Morgan fingerprint density at radius 3 is 2.75 bits per heavy atom. The Balaban J connectivity index is 1.32. The van der Waals surface area contributed by atoms with Crippen LogP contribution in [0.3, 0.4) is 0 Å². The summed E-state index contributed by atoms with van der Waals surface area (Å²) in [5.74, 6) is 2.21. The zero-order chi connectivity index (χ0) is 21.7. The lowest BCUT2D eigenvalue weighted by atomic mass is 10.1. The first kappa shape index (κ1) is 19.2. The van der Waals surface area contributed by atoms with Crippen LogP contribution in [-0.2, 0) is 16.1 Å². The summed E-state index contributed by atoms with van der Waals surface area (Å²) in [4.78, 5) is 34.5. The summed E-state index contributed by atoms with van der Waals surface area (Å²) < 4.78 is 12.9. The number of amides is 2. The van der Waals surface area contributed by atoms with Crippen LogP contribution >= 0.6 is 0 Å². The van der Waals surface area contributed by atoms with Gasteiger partial charge in [-0.3, -0.25) is 9.59 Å². The molecule has 164 valence electrons. The summed E-state index contributed by atoms with van der Waals surface area (Å²) in [6, 6.07) is 13.4. The third-order valence-electron chi connectivity index (χ3n) is 6.59. The molecule has 3 aliphatic heterocycles. The van der Waals surface area contributed by atoms with E-state index >= 15 is 0 Å². The van der Waals surface area contributed by atoms with E-state index in [2.05, 4.69) is 0 Å². The van der Waals surface area contributed by atoms with Crippen LogP contribution in [0.1, 0.15) is 31.0 Å². The number of nitrogens with zero attached hydrogens (tertiary/aromatic N) is 4. The maximum Gasteiger partial charge on any atom is 0.242 e. The van der Waals surface area contributed by atoms with Crippen LogP contribution in [0.4, 0.5) is 5.69 Å². The summed E-state index contributed by atoms with van der Waals surface area (Å²) >= 11 is 0. The number of anilines is 1. The Morgan fingerprint density at radius 2 is 1.88 bits per heavy atom. The van der Waals surface area contributed by atoms with E-state index in [1.54, 1.807) is 4.90 Å². The standard InChI is InChI=1S/C24H24N4O4/c29-22-11-16(13-27(22)17-7-8-20-21(12-17)32-15-31-20)24-25-18-5-1-2-6-19(18)28(24)14-23(30)26-9-3-4-10-26/h1-2,5-8,12,16H,3-4,9-11,13-15H2. The smallest absolute Gasteiger partial charge is 0.242 e. The average Bonchev–Trinajstić information content (AvgIpc) is 3.59. The van der Waals surface area contributed by atoms with E-state index in [1.807, 2.05) is 51.9 Å². The van der Waals surface area contributed by atoms with E-state index in [-0.39, 0.29) is 31.1 Å². The Bertz CT molecular complexity index is 1210. The van der Waals surface area contributed by atoms with Crippen molar-refractivity contribution in [3.05, 3.63) is 48.3 Å². The molecule has 0 saturated carbocycles. The minimum Gasteiger partial charge on any atom is -0.454 e. The summed E-state index contributed by atoms with van der Waals surface area (Å²) in [7, 11) is 0. The van der Waals surface area contributed by atoms with Crippen LogP contribution in [0.25, 0.3) is 11.0 Å². The third kappa shape index (κ3) is 3.18. The number of carbonyl (C=O) groups excluding carboxylic acids is 2. The van der Waals surface area contributed by atoms with E-state index in [0.29, 0.717) is 24.5 Å². The molecule has 0 bridgehead atoms. The third-order valence-corrected chi connectivity index (χ3v) is 6.59. The lowest BCUT2D eigenvalue weighted by Crippen LogP contribution is -2.32. The van der Waals surface area contributed by atoms with Crippen LogP contribution in [0, 0.1) is 0 Å². The van der Waals surface area contributed by atoms with Gasteiger partial charge in [0.25, 0.3) is 0 Å². The number of rotatable bonds is 4. The number of likely N-dealkylation sites (tertiary alicyclic amines) is 1. The quantitative estimate of drug-likeness (QED) is 0.634. The zero-order valence-corrected chi connectivity index (χ0v) is 17.7. The fourth-order valence-electron chi connectivity index (χ4n) is 4.96. The van der Waals surface area contributed by atoms with Crippen LogP contribution in [0.2, 0.25) is 0 Å². The van der Waals surface area contributed by atoms with E-state index in [0.717, 1.165) is 48.5 Å². The van der Waals surface area contributed by atoms with Gasteiger partial charge in [0, 0.05) is 43.7 Å². The second kappa shape index (κ2) is 7.55. The Kier molecular flexibility index (Phi) is 4.52. The number of aromatic nitrogens is 2. The summed E-state index contributed by atoms with van der Waals surface area (Å²) in [6.07, 6.45) is 2.48. The number of hydrogen-bond acceptors (Lipinski definition) is 5. The molecule has 2 saturated heterocycles. The fourth-order valence-corrected chi connectivity index (χ4v) is 4.96. The molecular formula is C24H24N4O4. The molecule has 1 unspecified atom stereocenters. The number of imidazole rings is 1. The van der Waals surface area contributed by atoms with E-state index in [4.69, 9.17) is 14.5 Å². The minimum atomic E-state index is -0.0910. The van der Waals surface area contributed by atoms with Gasteiger partial charge in [0.1, 0.15) is 12.4 Å². The monoisotopic (exact) mass is 432 g/mol. The predicted octanol–water partition coefficient (Wildman–Crippen LogP) is 2.91. The predicted molar refractivity (Wildman–Crippen MR) is 118 cm³/mol. The Labute approximate surface area is 185 Å². The van der Waals surface area contributed by atoms with Crippen LogP contribution in [0.5, 0.6) is 11.5 Å². The minimum absolute atomic E-state index is 0.0401. The molecule has 0 spiro atoms. The fraction of sp³-hybridized carbons (Fsp3) is 0.375. The normalized spacial score (nSPS) is 20.0. The molecule has 6 rings (SSSR count). The van der Waals surface area contributed by atoms with Crippen LogP contribution < -0.4 is 14.4 Å². The average molecular weight is 432 g/mol. The summed E-state index contributed by atoms with van der Waals surface area (Å²) in [6.45, 7) is 2.61. The SMILES string of the molecule is O=C(Cn1c(C2CC(=O)N(c3ccc4c(c3)OCO4)C2)nc2ccccc21)N1CCCC1. The van der Waals surface area contributed by atoms with Crippen molar-refractivity contribution in [2.24, 2.45) is 0 Å². The highest BCUT2D eigenvalue weighted by molar-refractivity contribution is 5.97. The van der Waals surface area contributed by atoms with Gasteiger partial charge >= 0.3 is 0 Å². The number of benzene rings is 2. The topological polar surface area (TPSA) is 76.9 Å². The summed E-state index contributed by atoms with van der Waals surface area (Å²) in [5, 5.41) is 0. The summed E-state index contributed by atoms with van der Waals surface area (Å²) in [5.41, 5.74) is 2.58.